The third kappa shape index (κ3) is 2.99. The predicted molar refractivity (Wildman–Crippen MR) is 92.9 cm³/mol. The van der Waals surface area contributed by atoms with Crippen LogP contribution in [0.2, 0.25) is 0 Å². The minimum atomic E-state index is -3.49. The number of Topliss-reactive ketones (excluding diaryl/α,β-unsaturated/α-hetero) is 1. The summed E-state index contributed by atoms with van der Waals surface area (Å²) in [5.41, 5.74) is -0.329. The molecule has 122 valence electrons. The summed E-state index contributed by atoms with van der Waals surface area (Å²) in [7, 11) is -2.12. The number of ketones is 1. The van der Waals surface area contributed by atoms with Crippen LogP contribution in [-0.4, -0.2) is 12.9 Å². The molecule has 2 unspecified atom stereocenters. The molecule has 0 aliphatic heterocycles. The van der Waals surface area contributed by atoms with E-state index in [1.807, 2.05) is 24.3 Å². The van der Waals surface area contributed by atoms with Crippen LogP contribution in [0.5, 0.6) is 0 Å². The molecule has 0 fully saturated rings. The highest BCUT2D eigenvalue weighted by Gasteiger charge is 2.42. The molecule has 1 aromatic heterocycles. The number of carbonyl (C=O) groups is 1. The maximum absolute atomic E-state index is 13.7. The van der Waals surface area contributed by atoms with Crippen LogP contribution >= 0.6 is 7.37 Å². The number of hydrogen-bond donors (Lipinski definition) is 0. The third-order valence-electron chi connectivity index (χ3n) is 3.85. The fourth-order valence-electron chi connectivity index (χ4n) is 2.69. The molecule has 0 spiro atoms. The third-order valence-corrected chi connectivity index (χ3v) is 6.63. The van der Waals surface area contributed by atoms with Crippen LogP contribution in [0.3, 0.4) is 0 Å². The van der Waals surface area contributed by atoms with E-state index in [0.717, 1.165) is 0 Å². The van der Waals surface area contributed by atoms with E-state index in [9.17, 15) is 9.36 Å². The van der Waals surface area contributed by atoms with Crippen LogP contribution in [0.4, 0.5) is 0 Å². The highest BCUT2D eigenvalue weighted by atomic mass is 31.2. The van der Waals surface area contributed by atoms with E-state index in [1.165, 1.54) is 13.4 Å². The van der Waals surface area contributed by atoms with Gasteiger partial charge in [0.1, 0.15) is 5.66 Å². The van der Waals surface area contributed by atoms with E-state index in [1.54, 1.807) is 48.5 Å². The molecule has 0 aliphatic rings. The Labute approximate surface area is 140 Å². The van der Waals surface area contributed by atoms with Gasteiger partial charge in [-0.25, -0.2) is 0 Å². The molecule has 5 heteroatoms. The van der Waals surface area contributed by atoms with Gasteiger partial charge in [-0.3, -0.25) is 9.36 Å². The lowest BCUT2D eigenvalue weighted by Gasteiger charge is -2.25. The van der Waals surface area contributed by atoms with Gasteiger partial charge in [0.2, 0.25) is 13.2 Å². The Bertz CT molecular complexity index is 842. The lowest BCUT2D eigenvalue weighted by molar-refractivity contribution is 0.0955. The second-order valence-corrected chi connectivity index (χ2v) is 7.86. The van der Waals surface area contributed by atoms with E-state index >= 15 is 0 Å². The normalized spacial score (nSPS) is 14.7. The maximum Gasteiger partial charge on any atom is 0.246 e. The van der Waals surface area contributed by atoms with Crippen molar-refractivity contribution in [1.82, 2.24) is 0 Å². The van der Waals surface area contributed by atoms with Gasteiger partial charge in [-0.1, -0.05) is 48.5 Å². The Morgan fingerprint density at radius 2 is 1.58 bits per heavy atom. The summed E-state index contributed by atoms with van der Waals surface area (Å²) >= 11 is 0. The van der Waals surface area contributed by atoms with Crippen molar-refractivity contribution in [2.75, 3.05) is 7.11 Å². The number of furan rings is 1. The minimum absolute atomic E-state index is 0.164. The van der Waals surface area contributed by atoms with E-state index in [2.05, 4.69) is 0 Å². The van der Waals surface area contributed by atoms with Crippen LogP contribution in [0, 0.1) is 0 Å². The molecule has 0 N–H and O–H groups in total. The first-order valence-electron chi connectivity index (χ1n) is 7.50. The van der Waals surface area contributed by atoms with Crippen LogP contribution in [0.25, 0.3) is 0 Å². The number of benzene rings is 2. The van der Waals surface area contributed by atoms with Gasteiger partial charge >= 0.3 is 0 Å². The molecule has 0 saturated heterocycles. The molecule has 2 atom stereocenters. The predicted octanol–water partition coefficient (Wildman–Crippen LogP) is 4.45. The molecular formula is C19H17O4P. The first-order chi connectivity index (χ1) is 11.7. The average Bonchev–Trinajstić information content (AvgIpc) is 3.18. The van der Waals surface area contributed by atoms with Crippen LogP contribution < -0.4 is 5.30 Å². The second kappa shape index (κ2) is 7.00. The largest absolute Gasteiger partial charge is 0.461 e. The highest BCUT2D eigenvalue weighted by Crippen LogP contribution is 2.59. The molecule has 0 saturated carbocycles. The molecule has 3 rings (SSSR count). The van der Waals surface area contributed by atoms with Crippen LogP contribution in [0.15, 0.2) is 83.5 Å². The lowest BCUT2D eigenvalue weighted by atomic mass is 10.1. The molecular weight excluding hydrogens is 323 g/mol. The average molecular weight is 340 g/mol. The van der Waals surface area contributed by atoms with Gasteiger partial charge in [-0.2, -0.15) is 0 Å². The van der Waals surface area contributed by atoms with Gasteiger partial charge in [0.05, 0.1) is 6.26 Å². The molecule has 0 radical (unpaired) electrons. The van der Waals surface area contributed by atoms with E-state index in [0.29, 0.717) is 10.9 Å². The van der Waals surface area contributed by atoms with E-state index < -0.39 is 13.0 Å². The molecule has 4 nitrogen and oxygen atoms in total. The summed E-state index contributed by atoms with van der Waals surface area (Å²) in [5, 5.41) is 0.501. The van der Waals surface area contributed by atoms with Crippen molar-refractivity contribution in [2.45, 2.75) is 5.66 Å². The fraction of sp³-hybridized carbons (Fsp3) is 0.105. The van der Waals surface area contributed by atoms with Crippen molar-refractivity contribution >= 4 is 18.5 Å². The quantitative estimate of drug-likeness (QED) is 0.491. The molecule has 24 heavy (non-hydrogen) atoms. The zero-order chi connectivity index (χ0) is 17.0. The standard InChI is InChI=1S/C19H17O4P/c1-22-24(21,16-11-6-3-7-12-16)19(15-9-4-2-5-10-15)18(20)17-13-8-14-23-17/h2-14,19H,1H3. The van der Waals surface area contributed by atoms with Crippen LogP contribution in [0.1, 0.15) is 21.8 Å². The monoisotopic (exact) mass is 340 g/mol. The summed E-state index contributed by atoms with van der Waals surface area (Å²) in [6.07, 6.45) is 1.43. The fourth-order valence-corrected chi connectivity index (χ4v) is 4.99. The smallest absolute Gasteiger partial charge is 0.246 e. The maximum atomic E-state index is 13.7. The lowest BCUT2D eigenvalue weighted by Crippen LogP contribution is -2.20. The molecule has 0 amide bonds. The summed E-state index contributed by atoms with van der Waals surface area (Å²) in [5.74, 6) is -0.197. The minimum Gasteiger partial charge on any atom is -0.461 e. The van der Waals surface area contributed by atoms with E-state index in [4.69, 9.17) is 8.94 Å². The van der Waals surface area contributed by atoms with Crippen molar-refractivity contribution in [2.24, 2.45) is 0 Å². The van der Waals surface area contributed by atoms with Crippen molar-refractivity contribution < 1.29 is 18.3 Å². The zero-order valence-corrected chi connectivity index (χ0v) is 14.1. The van der Waals surface area contributed by atoms with Gasteiger partial charge in [0.25, 0.3) is 0 Å². The van der Waals surface area contributed by atoms with Crippen LogP contribution in [-0.2, 0) is 9.09 Å². The Balaban J connectivity index is 2.17. The first-order valence-corrected chi connectivity index (χ1v) is 9.20. The molecule has 1 heterocycles. The Morgan fingerprint density at radius 3 is 2.12 bits per heavy atom. The second-order valence-electron chi connectivity index (χ2n) is 5.27. The van der Waals surface area contributed by atoms with Gasteiger partial charge in [0.15, 0.2) is 5.76 Å². The van der Waals surface area contributed by atoms with Crippen molar-refractivity contribution in [3.8, 4) is 0 Å². The SMILES string of the molecule is COP(=O)(c1ccccc1)C(C(=O)c1ccco1)c1ccccc1. The highest BCUT2D eigenvalue weighted by molar-refractivity contribution is 7.68. The Hall–Kier alpha value is -2.42. The van der Waals surface area contributed by atoms with Gasteiger partial charge in [-0.15, -0.1) is 0 Å². The summed E-state index contributed by atoms with van der Waals surface area (Å²) < 4.78 is 24.4. The number of carbonyl (C=O) groups excluding carboxylic acids is 1. The zero-order valence-electron chi connectivity index (χ0n) is 13.2. The Morgan fingerprint density at radius 1 is 0.958 bits per heavy atom. The molecule has 0 aliphatic carbocycles. The summed E-state index contributed by atoms with van der Waals surface area (Å²) in [6.45, 7) is 0. The number of rotatable bonds is 6. The molecule has 2 aromatic carbocycles. The Kier molecular flexibility index (Phi) is 4.79. The van der Waals surface area contributed by atoms with Crippen molar-refractivity contribution in [3.05, 3.63) is 90.4 Å². The van der Waals surface area contributed by atoms with Gasteiger partial charge in [-0.05, 0) is 29.8 Å². The van der Waals surface area contributed by atoms with Gasteiger partial charge in [0, 0.05) is 12.4 Å². The van der Waals surface area contributed by atoms with Crippen molar-refractivity contribution in [3.63, 3.8) is 0 Å². The van der Waals surface area contributed by atoms with Crippen molar-refractivity contribution in [1.29, 1.82) is 0 Å². The molecule has 3 aromatic rings. The van der Waals surface area contributed by atoms with E-state index in [-0.39, 0.29) is 11.5 Å². The number of hydrogen-bond acceptors (Lipinski definition) is 4. The first kappa shape index (κ1) is 16.4. The summed E-state index contributed by atoms with van der Waals surface area (Å²) in [4.78, 5) is 13.0. The topological polar surface area (TPSA) is 56.5 Å². The molecule has 0 bridgehead atoms. The summed E-state index contributed by atoms with van der Waals surface area (Å²) in [6, 6.07) is 21.0. The van der Waals surface area contributed by atoms with Gasteiger partial charge < -0.3 is 8.94 Å².